The highest BCUT2D eigenvalue weighted by Gasteiger charge is 2.40. The van der Waals surface area contributed by atoms with Crippen molar-refractivity contribution >= 4 is 17.6 Å². The van der Waals surface area contributed by atoms with Gasteiger partial charge in [0.1, 0.15) is 0 Å². The normalized spacial score (nSPS) is 18.6. The number of rotatable bonds is 4. The van der Waals surface area contributed by atoms with E-state index in [1.54, 1.807) is 6.07 Å². The summed E-state index contributed by atoms with van der Waals surface area (Å²) in [6.07, 6.45) is 0.106. The largest absolute Gasteiger partial charge is 0.465 e. The number of likely N-dealkylation sites (N-methyl/N-ethyl adjacent to an activating group) is 1. The molecule has 1 aliphatic rings. The second kappa shape index (κ2) is 6.37. The molecule has 1 aromatic rings. The molecule has 1 amide bonds. The third-order valence-corrected chi connectivity index (χ3v) is 4.29. The van der Waals surface area contributed by atoms with E-state index in [-0.39, 0.29) is 11.9 Å². The van der Waals surface area contributed by atoms with Crippen molar-refractivity contribution in [1.29, 1.82) is 0 Å². The van der Waals surface area contributed by atoms with E-state index in [2.05, 4.69) is 4.98 Å². The Hall–Kier alpha value is -2.42. The standard InChI is InChI=1S/C14H20N4O5/c1-14(2,16(3)13(19)20)11-9-17(6-7-23-11)10-4-5-12(15-8-10)18(21)22/h4-5,8,11H,6-7,9H2,1-3H3,(H,19,20). The lowest BCUT2D eigenvalue weighted by Gasteiger charge is -2.45. The van der Waals surface area contributed by atoms with Crippen molar-refractivity contribution in [2.75, 3.05) is 31.6 Å². The topological polar surface area (TPSA) is 109 Å². The summed E-state index contributed by atoms with van der Waals surface area (Å²) in [6.45, 7) is 5.15. The van der Waals surface area contributed by atoms with Crippen LogP contribution in [-0.4, -0.2) is 64.4 Å². The van der Waals surface area contributed by atoms with E-state index in [0.717, 1.165) is 5.69 Å². The summed E-state index contributed by atoms with van der Waals surface area (Å²) >= 11 is 0. The van der Waals surface area contributed by atoms with Crippen molar-refractivity contribution in [3.63, 3.8) is 0 Å². The maximum absolute atomic E-state index is 11.2. The van der Waals surface area contributed by atoms with Gasteiger partial charge >= 0.3 is 11.9 Å². The first-order chi connectivity index (χ1) is 10.7. The Balaban J connectivity index is 2.14. The molecule has 2 rings (SSSR count). The number of anilines is 1. The quantitative estimate of drug-likeness (QED) is 0.661. The fourth-order valence-electron chi connectivity index (χ4n) is 2.45. The Kier molecular flexibility index (Phi) is 4.69. The van der Waals surface area contributed by atoms with Crippen LogP contribution < -0.4 is 4.90 Å². The molecule has 1 fully saturated rings. The smallest absolute Gasteiger partial charge is 0.407 e. The van der Waals surface area contributed by atoms with Crippen LogP contribution in [0.5, 0.6) is 0 Å². The Morgan fingerprint density at radius 1 is 1.57 bits per heavy atom. The molecule has 2 heterocycles. The minimum Gasteiger partial charge on any atom is -0.465 e. The molecule has 9 heteroatoms. The number of aromatic nitrogens is 1. The number of carbonyl (C=O) groups is 1. The average Bonchev–Trinajstić information content (AvgIpc) is 2.54. The lowest BCUT2D eigenvalue weighted by molar-refractivity contribution is -0.389. The second-order valence-corrected chi connectivity index (χ2v) is 5.93. The molecule has 1 aromatic heterocycles. The van der Waals surface area contributed by atoms with Crippen molar-refractivity contribution in [1.82, 2.24) is 9.88 Å². The molecular weight excluding hydrogens is 304 g/mol. The van der Waals surface area contributed by atoms with Crippen molar-refractivity contribution in [2.45, 2.75) is 25.5 Å². The minimum atomic E-state index is -1.02. The molecule has 0 spiro atoms. The zero-order valence-corrected chi connectivity index (χ0v) is 13.3. The van der Waals surface area contributed by atoms with Crippen LogP contribution in [0.4, 0.5) is 16.3 Å². The highest BCUT2D eigenvalue weighted by molar-refractivity contribution is 5.65. The molecule has 0 bridgehead atoms. The fourth-order valence-corrected chi connectivity index (χ4v) is 2.45. The van der Waals surface area contributed by atoms with Gasteiger partial charge in [-0.1, -0.05) is 0 Å². The molecule has 9 nitrogen and oxygen atoms in total. The molecule has 0 aliphatic carbocycles. The maximum Gasteiger partial charge on any atom is 0.407 e. The van der Waals surface area contributed by atoms with Crippen molar-refractivity contribution < 1.29 is 19.6 Å². The van der Waals surface area contributed by atoms with E-state index in [9.17, 15) is 20.0 Å². The van der Waals surface area contributed by atoms with Crippen LogP contribution in [0, 0.1) is 10.1 Å². The van der Waals surface area contributed by atoms with Gasteiger partial charge in [0.15, 0.2) is 6.20 Å². The molecule has 0 radical (unpaired) electrons. The summed E-state index contributed by atoms with van der Waals surface area (Å²) in [5, 5.41) is 19.9. The van der Waals surface area contributed by atoms with Gasteiger partial charge in [-0.25, -0.2) is 4.79 Å². The highest BCUT2D eigenvalue weighted by atomic mass is 16.6. The first kappa shape index (κ1) is 16.9. The van der Waals surface area contributed by atoms with Gasteiger partial charge in [0.2, 0.25) is 0 Å². The lowest BCUT2D eigenvalue weighted by atomic mass is 9.94. The molecule has 1 atom stereocenters. The van der Waals surface area contributed by atoms with Gasteiger partial charge in [0.05, 0.1) is 23.9 Å². The van der Waals surface area contributed by atoms with Crippen LogP contribution in [0.2, 0.25) is 0 Å². The molecule has 1 unspecified atom stereocenters. The predicted molar refractivity (Wildman–Crippen MR) is 82.7 cm³/mol. The monoisotopic (exact) mass is 324 g/mol. The van der Waals surface area contributed by atoms with Gasteiger partial charge in [-0.05, 0) is 29.8 Å². The Morgan fingerprint density at radius 3 is 2.78 bits per heavy atom. The average molecular weight is 324 g/mol. The molecule has 0 aromatic carbocycles. The van der Waals surface area contributed by atoms with Gasteiger partial charge in [-0.3, -0.25) is 0 Å². The number of carboxylic acid groups (broad SMARTS) is 1. The SMILES string of the molecule is CN(C(=O)O)C(C)(C)C1CN(c2ccc([N+](=O)[O-])nc2)CCO1. The third-order valence-electron chi connectivity index (χ3n) is 4.29. The Bertz CT molecular complexity index is 589. The first-order valence-electron chi connectivity index (χ1n) is 7.17. The second-order valence-electron chi connectivity index (χ2n) is 5.93. The summed E-state index contributed by atoms with van der Waals surface area (Å²) in [7, 11) is 1.51. The molecule has 1 aliphatic heterocycles. The zero-order chi connectivity index (χ0) is 17.2. The summed E-state index contributed by atoms with van der Waals surface area (Å²) in [5.74, 6) is -0.204. The van der Waals surface area contributed by atoms with Gasteiger partial charge in [0.25, 0.3) is 0 Å². The van der Waals surface area contributed by atoms with Gasteiger partial charge in [-0.2, -0.15) is 0 Å². The van der Waals surface area contributed by atoms with Crippen LogP contribution >= 0.6 is 0 Å². The Labute approximate surface area is 133 Å². The number of nitrogens with zero attached hydrogens (tertiary/aromatic N) is 4. The van der Waals surface area contributed by atoms with E-state index in [1.807, 2.05) is 18.7 Å². The summed E-state index contributed by atoms with van der Waals surface area (Å²) in [6, 6.07) is 3.00. The molecule has 0 saturated carbocycles. The molecular formula is C14H20N4O5. The Morgan fingerprint density at radius 2 is 2.26 bits per heavy atom. The predicted octanol–water partition coefficient (Wildman–Crippen LogP) is 1.58. The number of ether oxygens (including phenoxy) is 1. The number of amides is 1. The highest BCUT2D eigenvalue weighted by Crippen LogP contribution is 2.26. The molecule has 126 valence electrons. The number of pyridine rings is 1. The van der Waals surface area contributed by atoms with Crippen LogP contribution in [0.1, 0.15) is 13.8 Å². The minimum absolute atomic E-state index is 0.204. The fraction of sp³-hybridized carbons (Fsp3) is 0.571. The van der Waals surface area contributed by atoms with Crippen molar-refractivity contribution in [2.24, 2.45) is 0 Å². The lowest BCUT2D eigenvalue weighted by Crippen LogP contribution is -2.59. The molecule has 23 heavy (non-hydrogen) atoms. The zero-order valence-electron chi connectivity index (χ0n) is 13.3. The summed E-state index contributed by atoms with van der Waals surface area (Å²) in [4.78, 5) is 28.4. The van der Waals surface area contributed by atoms with Crippen molar-refractivity contribution in [3.8, 4) is 0 Å². The number of hydrogen-bond acceptors (Lipinski definition) is 6. The summed E-state index contributed by atoms with van der Waals surface area (Å²) in [5.41, 5.74) is 0.0382. The van der Waals surface area contributed by atoms with Gasteiger partial charge < -0.3 is 29.8 Å². The van der Waals surface area contributed by atoms with Gasteiger partial charge in [0, 0.05) is 26.2 Å². The van der Waals surface area contributed by atoms with Crippen LogP contribution in [0.15, 0.2) is 18.3 Å². The molecule has 1 N–H and O–H groups in total. The van der Waals surface area contributed by atoms with Gasteiger partial charge in [-0.15, -0.1) is 0 Å². The maximum atomic E-state index is 11.2. The summed E-state index contributed by atoms with van der Waals surface area (Å²) < 4.78 is 5.75. The number of morpholine rings is 1. The van der Waals surface area contributed by atoms with E-state index >= 15 is 0 Å². The number of hydrogen-bond donors (Lipinski definition) is 1. The van der Waals surface area contributed by atoms with E-state index < -0.39 is 16.6 Å². The van der Waals surface area contributed by atoms with Crippen LogP contribution in [0.25, 0.3) is 0 Å². The first-order valence-corrected chi connectivity index (χ1v) is 7.17. The van der Waals surface area contributed by atoms with Crippen LogP contribution in [-0.2, 0) is 4.74 Å². The van der Waals surface area contributed by atoms with Crippen LogP contribution in [0.3, 0.4) is 0 Å². The van der Waals surface area contributed by atoms with E-state index in [0.29, 0.717) is 19.7 Å². The van der Waals surface area contributed by atoms with E-state index in [4.69, 9.17) is 4.74 Å². The third kappa shape index (κ3) is 3.50. The number of nitro groups is 1. The molecule has 1 saturated heterocycles. The van der Waals surface area contributed by atoms with Crippen molar-refractivity contribution in [3.05, 3.63) is 28.4 Å². The van der Waals surface area contributed by atoms with E-state index in [1.165, 1.54) is 24.2 Å².